The van der Waals surface area contributed by atoms with Crippen molar-refractivity contribution in [2.24, 2.45) is 0 Å². The Morgan fingerprint density at radius 3 is 1.57 bits per heavy atom. The van der Waals surface area contributed by atoms with E-state index >= 15 is 0 Å². The zero-order valence-electron chi connectivity index (χ0n) is 25.0. The number of pyridine rings is 1. The summed E-state index contributed by atoms with van der Waals surface area (Å²) in [5.41, 5.74) is 10.3. The lowest BCUT2D eigenvalue weighted by Crippen LogP contribution is -2.10. The first-order valence-corrected chi connectivity index (χ1v) is 15.5. The quantitative estimate of drug-likeness (QED) is 0.200. The van der Waals surface area contributed by atoms with Gasteiger partial charge in [0.15, 0.2) is 11.2 Å². The SMILES string of the molecule is c1ccc2c(-c3ccc(N(c4ccc(-c5cccc6ccccc56)cc4)c4cccc5c4oc4cccnc45)cc3)cccc2c1. The first kappa shape index (κ1) is 26.2. The minimum Gasteiger partial charge on any atom is -0.452 e. The Balaban J connectivity index is 1.20. The third-order valence-electron chi connectivity index (χ3n) is 8.93. The van der Waals surface area contributed by atoms with E-state index in [0.29, 0.717) is 0 Å². The summed E-state index contributed by atoms with van der Waals surface area (Å²) in [5.74, 6) is 0. The zero-order valence-corrected chi connectivity index (χ0v) is 25.0. The summed E-state index contributed by atoms with van der Waals surface area (Å²) in [4.78, 5) is 6.93. The molecule has 0 amide bonds. The van der Waals surface area contributed by atoms with Gasteiger partial charge in [-0.3, -0.25) is 4.98 Å². The molecule has 0 fully saturated rings. The fourth-order valence-corrected chi connectivity index (χ4v) is 6.74. The van der Waals surface area contributed by atoms with Gasteiger partial charge < -0.3 is 9.32 Å². The molecular formula is C43H28N2O. The van der Waals surface area contributed by atoms with Gasteiger partial charge in [-0.2, -0.15) is 0 Å². The number of para-hydroxylation sites is 1. The molecule has 0 radical (unpaired) electrons. The molecule has 0 aliphatic rings. The maximum Gasteiger partial charge on any atom is 0.161 e. The third kappa shape index (κ3) is 4.33. The molecule has 2 heterocycles. The molecule has 7 aromatic carbocycles. The number of nitrogens with zero attached hydrogens (tertiary/aromatic N) is 2. The highest BCUT2D eigenvalue weighted by atomic mass is 16.3. The highest BCUT2D eigenvalue weighted by molar-refractivity contribution is 6.08. The largest absolute Gasteiger partial charge is 0.452 e. The van der Waals surface area contributed by atoms with Gasteiger partial charge in [0.05, 0.1) is 5.69 Å². The van der Waals surface area contributed by atoms with Crippen LogP contribution in [0.3, 0.4) is 0 Å². The Hall–Kier alpha value is -6.19. The average molecular weight is 589 g/mol. The predicted octanol–water partition coefficient (Wildman–Crippen LogP) is 12.1. The normalized spacial score (nSPS) is 11.5. The van der Waals surface area contributed by atoms with Crippen LogP contribution in [0.2, 0.25) is 0 Å². The molecule has 2 aromatic heterocycles. The van der Waals surface area contributed by atoms with Gasteiger partial charge >= 0.3 is 0 Å². The summed E-state index contributed by atoms with van der Waals surface area (Å²) in [6.45, 7) is 0. The summed E-state index contributed by atoms with van der Waals surface area (Å²) < 4.78 is 6.49. The second-order valence-electron chi connectivity index (χ2n) is 11.6. The summed E-state index contributed by atoms with van der Waals surface area (Å²) in [6, 6.07) is 58.0. The molecule has 0 bridgehead atoms. The summed E-state index contributed by atoms with van der Waals surface area (Å²) in [6.07, 6.45) is 1.82. The molecular weight excluding hydrogens is 560 g/mol. The maximum absolute atomic E-state index is 6.49. The lowest BCUT2D eigenvalue weighted by molar-refractivity contribution is 0.668. The molecule has 0 saturated carbocycles. The van der Waals surface area contributed by atoms with Gasteiger partial charge in [0, 0.05) is 23.0 Å². The van der Waals surface area contributed by atoms with Gasteiger partial charge in [-0.25, -0.2) is 0 Å². The van der Waals surface area contributed by atoms with Crippen molar-refractivity contribution in [1.82, 2.24) is 4.98 Å². The fraction of sp³-hybridized carbons (Fsp3) is 0. The number of furan rings is 1. The maximum atomic E-state index is 6.49. The Bertz CT molecular complexity index is 2390. The van der Waals surface area contributed by atoms with Crippen molar-refractivity contribution < 1.29 is 4.42 Å². The first-order valence-electron chi connectivity index (χ1n) is 15.5. The average Bonchev–Trinajstić information content (AvgIpc) is 3.52. The number of rotatable bonds is 5. The number of hydrogen-bond donors (Lipinski definition) is 0. The van der Waals surface area contributed by atoms with Crippen LogP contribution in [0.15, 0.2) is 174 Å². The molecule has 0 spiro atoms. The minimum absolute atomic E-state index is 0.780. The number of anilines is 3. The molecule has 3 heteroatoms. The molecule has 0 aliphatic carbocycles. The predicted molar refractivity (Wildman–Crippen MR) is 192 cm³/mol. The second-order valence-corrected chi connectivity index (χ2v) is 11.6. The minimum atomic E-state index is 0.780. The van der Waals surface area contributed by atoms with Crippen molar-refractivity contribution in [1.29, 1.82) is 0 Å². The van der Waals surface area contributed by atoms with Crippen LogP contribution in [0.5, 0.6) is 0 Å². The van der Waals surface area contributed by atoms with Gasteiger partial charge in [0.25, 0.3) is 0 Å². The number of aromatic nitrogens is 1. The lowest BCUT2D eigenvalue weighted by Gasteiger charge is -2.26. The van der Waals surface area contributed by atoms with Crippen molar-refractivity contribution in [3.05, 3.63) is 170 Å². The van der Waals surface area contributed by atoms with E-state index in [2.05, 4.69) is 162 Å². The van der Waals surface area contributed by atoms with E-state index in [1.807, 2.05) is 18.3 Å². The zero-order chi connectivity index (χ0) is 30.5. The van der Waals surface area contributed by atoms with Crippen LogP contribution in [0.1, 0.15) is 0 Å². The molecule has 0 atom stereocenters. The Kier molecular flexibility index (Phi) is 6.14. The first-order chi connectivity index (χ1) is 22.8. The van der Waals surface area contributed by atoms with Crippen LogP contribution in [-0.2, 0) is 0 Å². The fourth-order valence-electron chi connectivity index (χ4n) is 6.74. The van der Waals surface area contributed by atoms with Crippen LogP contribution in [-0.4, -0.2) is 4.98 Å². The smallest absolute Gasteiger partial charge is 0.161 e. The van der Waals surface area contributed by atoms with Gasteiger partial charge in [0.1, 0.15) is 5.52 Å². The van der Waals surface area contributed by atoms with E-state index in [1.165, 1.54) is 43.8 Å². The highest BCUT2D eigenvalue weighted by Gasteiger charge is 2.20. The van der Waals surface area contributed by atoms with Crippen LogP contribution in [0.25, 0.3) is 65.9 Å². The summed E-state index contributed by atoms with van der Waals surface area (Å²) in [7, 11) is 0. The van der Waals surface area contributed by atoms with Crippen molar-refractivity contribution in [2.75, 3.05) is 4.90 Å². The van der Waals surface area contributed by atoms with Crippen LogP contribution < -0.4 is 4.90 Å². The standard InChI is InChI=1S/C43H28N2O/c1-3-13-35-29(9-1)11-5-15-37(35)31-20-24-33(25-21-31)45(40-18-7-17-39-42-41(46-43(39)40)19-8-28-44-42)34-26-22-32(23-27-34)38-16-6-12-30-10-2-4-14-36(30)38/h1-28H. The van der Waals surface area contributed by atoms with Crippen molar-refractivity contribution in [2.45, 2.75) is 0 Å². The molecule has 0 saturated heterocycles. The van der Waals surface area contributed by atoms with E-state index < -0.39 is 0 Å². The van der Waals surface area contributed by atoms with E-state index in [9.17, 15) is 0 Å². The Labute approximate surface area is 266 Å². The van der Waals surface area contributed by atoms with Crippen LogP contribution in [0, 0.1) is 0 Å². The molecule has 9 rings (SSSR count). The van der Waals surface area contributed by atoms with Crippen molar-refractivity contribution >= 4 is 60.7 Å². The third-order valence-corrected chi connectivity index (χ3v) is 8.93. The van der Waals surface area contributed by atoms with E-state index in [1.54, 1.807) is 0 Å². The lowest BCUT2D eigenvalue weighted by atomic mass is 9.97. The van der Waals surface area contributed by atoms with Gasteiger partial charge in [-0.15, -0.1) is 0 Å². The molecule has 9 aromatic rings. The molecule has 0 aliphatic heterocycles. The molecule has 0 N–H and O–H groups in total. The topological polar surface area (TPSA) is 29.3 Å². The Morgan fingerprint density at radius 1 is 0.435 bits per heavy atom. The van der Waals surface area contributed by atoms with E-state index in [-0.39, 0.29) is 0 Å². The number of hydrogen-bond acceptors (Lipinski definition) is 3. The van der Waals surface area contributed by atoms with Gasteiger partial charge in [-0.05, 0) is 92.3 Å². The van der Waals surface area contributed by atoms with E-state index in [4.69, 9.17) is 4.42 Å². The monoisotopic (exact) mass is 588 g/mol. The van der Waals surface area contributed by atoms with E-state index in [0.717, 1.165) is 39.1 Å². The summed E-state index contributed by atoms with van der Waals surface area (Å²) in [5, 5.41) is 5.97. The molecule has 3 nitrogen and oxygen atoms in total. The van der Waals surface area contributed by atoms with Gasteiger partial charge in [-0.1, -0.05) is 115 Å². The van der Waals surface area contributed by atoms with Crippen molar-refractivity contribution in [3.8, 4) is 22.3 Å². The van der Waals surface area contributed by atoms with Gasteiger partial charge in [0.2, 0.25) is 0 Å². The van der Waals surface area contributed by atoms with Crippen LogP contribution in [0.4, 0.5) is 17.1 Å². The second kappa shape index (κ2) is 10.8. The number of benzene rings is 7. The Morgan fingerprint density at radius 2 is 0.957 bits per heavy atom. The van der Waals surface area contributed by atoms with Crippen molar-refractivity contribution in [3.63, 3.8) is 0 Å². The molecule has 46 heavy (non-hydrogen) atoms. The molecule has 0 unspecified atom stereocenters. The highest BCUT2D eigenvalue weighted by Crippen LogP contribution is 2.43. The molecule has 216 valence electrons. The van der Waals surface area contributed by atoms with Crippen LogP contribution >= 0.6 is 0 Å². The number of fused-ring (bicyclic) bond motifs is 5. The summed E-state index contributed by atoms with van der Waals surface area (Å²) >= 11 is 0.